The zero-order chi connectivity index (χ0) is 16.0. The van der Waals surface area contributed by atoms with Crippen molar-refractivity contribution in [1.82, 2.24) is 4.72 Å². The van der Waals surface area contributed by atoms with Crippen LogP contribution in [0.25, 0.3) is 0 Å². The van der Waals surface area contributed by atoms with E-state index in [1.54, 1.807) is 54.6 Å². The first kappa shape index (κ1) is 16.2. The monoisotopic (exact) mass is 320 g/mol. The van der Waals surface area contributed by atoms with Crippen molar-refractivity contribution < 1.29 is 18.3 Å². The zero-order valence-electron chi connectivity index (χ0n) is 11.6. The van der Waals surface area contributed by atoms with Crippen molar-refractivity contribution >= 4 is 17.2 Å². The van der Waals surface area contributed by atoms with Crippen LogP contribution < -0.4 is 15.2 Å². The lowest BCUT2D eigenvalue weighted by Gasteiger charge is -2.30. The highest BCUT2D eigenvalue weighted by Gasteiger charge is 2.41. The zero-order valence-corrected chi connectivity index (χ0v) is 12.5. The molecule has 2 aromatic rings. The third-order valence-corrected chi connectivity index (χ3v) is 3.49. The lowest BCUT2D eigenvalue weighted by Crippen LogP contribution is -2.61. The molecule has 2 rings (SSSR count). The number of rotatable bonds is 7. The number of para-hydroxylation sites is 1. The molecule has 2 aromatic carbocycles. The van der Waals surface area contributed by atoms with Crippen LogP contribution in [0.5, 0.6) is 5.75 Å². The summed E-state index contributed by atoms with van der Waals surface area (Å²) in [5.74, 6) is -0.530. The molecule has 0 saturated carbocycles. The molecule has 0 aliphatic heterocycles. The van der Waals surface area contributed by atoms with E-state index in [9.17, 15) is 9.00 Å². The molecule has 116 valence electrons. The number of carbonyl (C=O) groups excluding carboxylic acids is 1. The van der Waals surface area contributed by atoms with Gasteiger partial charge in [-0.05, 0) is 17.7 Å². The van der Waals surface area contributed by atoms with E-state index in [4.69, 9.17) is 15.0 Å². The molecule has 0 heterocycles. The summed E-state index contributed by atoms with van der Waals surface area (Å²) in [6.07, 6.45) is 0.00433. The molecule has 0 spiro atoms. The van der Waals surface area contributed by atoms with Crippen molar-refractivity contribution in [3.05, 3.63) is 66.2 Å². The maximum Gasteiger partial charge on any atom is 0.278 e. The van der Waals surface area contributed by atoms with E-state index in [1.807, 2.05) is 6.07 Å². The standard InChI is InChI=1S/C15H16N2O4S/c16-14(18)15(17-22(19)20,11-12-7-3-1-4-8-12)21-13-9-5-2-6-10-13/h1-10,17H,11H2,(H2,16,18)(H,19,20). The van der Waals surface area contributed by atoms with Crippen LogP contribution in [-0.4, -0.2) is 20.4 Å². The highest BCUT2D eigenvalue weighted by Crippen LogP contribution is 2.21. The van der Waals surface area contributed by atoms with Gasteiger partial charge in [0.2, 0.25) is 11.3 Å². The van der Waals surface area contributed by atoms with Crippen molar-refractivity contribution in [3.63, 3.8) is 0 Å². The van der Waals surface area contributed by atoms with Crippen molar-refractivity contribution in [2.75, 3.05) is 0 Å². The van der Waals surface area contributed by atoms with Gasteiger partial charge in [-0.1, -0.05) is 48.5 Å². The molecular formula is C15H16N2O4S. The van der Waals surface area contributed by atoms with Crippen molar-refractivity contribution in [2.45, 2.75) is 12.1 Å². The molecule has 2 unspecified atom stereocenters. The molecule has 0 aromatic heterocycles. The summed E-state index contributed by atoms with van der Waals surface area (Å²) in [6, 6.07) is 17.4. The van der Waals surface area contributed by atoms with Gasteiger partial charge in [-0.15, -0.1) is 0 Å². The Balaban J connectivity index is 2.37. The first-order valence-corrected chi connectivity index (χ1v) is 7.59. The number of nitrogens with one attached hydrogen (secondary N) is 1. The molecule has 0 saturated heterocycles. The molecule has 2 atom stereocenters. The first-order valence-electron chi connectivity index (χ1n) is 6.48. The van der Waals surface area contributed by atoms with E-state index in [2.05, 4.69) is 4.72 Å². The molecule has 7 heteroatoms. The van der Waals surface area contributed by atoms with Crippen LogP contribution in [-0.2, 0) is 22.5 Å². The van der Waals surface area contributed by atoms with Gasteiger partial charge in [-0.2, -0.15) is 4.72 Å². The second-order valence-corrected chi connectivity index (χ2v) is 5.32. The highest BCUT2D eigenvalue weighted by molar-refractivity contribution is 7.77. The van der Waals surface area contributed by atoms with Crippen LogP contribution in [0.2, 0.25) is 0 Å². The van der Waals surface area contributed by atoms with Gasteiger partial charge in [-0.25, -0.2) is 4.21 Å². The molecular weight excluding hydrogens is 304 g/mol. The first-order chi connectivity index (χ1) is 10.5. The Labute approximate surface area is 130 Å². The minimum absolute atomic E-state index is 0.00433. The largest absolute Gasteiger partial charge is 0.462 e. The Morgan fingerprint density at radius 1 is 1.14 bits per heavy atom. The lowest BCUT2D eigenvalue weighted by atomic mass is 10.0. The van der Waals surface area contributed by atoms with Gasteiger partial charge in [0.1, 0.15) is 5.75 Å². The SMILES string of the molecule is NC(=O)C(Cc1ccccc1)(NS(=O)O)Oc1ccccc1. The van der Waals surface area contributed by atoms with E-state index >= 15 is 0 Å². The lowest BCUT2D eigenvalue weighted by molar-refractivity contribution is -0.134. The number of amides is 1. The number of primary amides is 1. The van der Waals surface area contributed by atoms with Crippen molar-refractivity contribution in [3.8, 4) is 5.75 Å². The quantitative estimate of drug-likeness (QED) is 0.527. The van der Waals surface area contributed by atoms with E-state index in [0.29, 0.717) is 5.75 Å². The predicted molar refractivity (Wildman–Crippen MR) is 83.0 cm³/mol. The Bertz CT molecular complexity index is 608. The molecule has 0 aliphatic carbocycles. The molecule has 4 N–H and O–H groups in total. The minimum Gasteiger partial charge on any atom is -0.462 e. The molecule has 0 radical (unpaired) electrons. The normalized spacial score (nSPS) is 14.8. The third kappa shape index (κ3) is 4.14. The summed E-state index contributed by atoms with van der Waals surface area (Å²) in [6.45, 7) is 0. The number of hydrogen-bond acceptors (Lipinski definition) is 3. The van der Waals surface area contributed by atoms with Gasteiger partial charge in [0.25, 0.3) is 11.6 Å². The summed E-state index contributed by atoms with van der Waals surface area (Å²) in [5.41, 5.74) is 4.34. The smallest absolute Gasteiger partial charge is 0.278 e. The average molecular weight is 320 g/mol. The fourth-order valence-electron chi connectivity index (χ4n) is 1.99. The summed E-state index contributed by atoms with van der Waals surface area (Å²) in [5, 5.41) is 0. The number of benzene rings is 2. The average Bonchev–Trinajstić information content (AvgIpc) is 2.48. The van der Waals surface area contributed by atoms with Gasteiger partial charge < -0.3 is 10.5 Å². The Morgan fingerprint density at radius 2 is 1.68 bits per heavy atom. The fraction of sp³-hybridized carbons (Fsp3) is 0.133. The third-order valence-electron chi connectivity index (χ3n) is 2.98. The van der Waals surface area contributed by atoms with E-state index in [1.165, 1.54) is 0 Å². The molecule has 0 fully saturated rings. The van der Waals surface area contributed by atoms with Crippen LogP contribution >= 0.6 is 0 Å². The molecule has 22 heavy (non-hydrogen) atoms. The van der Waals surface area contributed by atoms with Crippen molar-refractivity contribution in [1.29, 1.82) is 0 Å². The van der Waals surface area contributed by atoms with Gasteiger partial charge in [0.15, 0.2) is 0 Å². The second kappa shape index (κ2) is 7.17. The van der Waals surface area contributed by atoms with Gasteiger partial charge in [0.05, 0.1) is 0 Å². The van der Waals surface area contributed by atoms with Gasteiger partial charge >= 0.3 is 0 Å². The Morgan fingerprint density at radius 3 is 2.18 bits per heavy atom. The Hall–Kier alpha value is -2.22. The second-order valence-electron chi connectivity index (χ2n) is 4.62. The predicted octanol–water partition coefficient (Wildman–Crippen LogP) is 1.22. The van der Waals surface area contributed by atoms with E-state index in [-0.39, 0.29) is 6.42 Å². The van der Waals surface area contributed by atoms with E-state index in [0.717, 1.165) is 5.56 Å². The van der Waals surface area contributed by atoms with Gasteiger partial charge in [0, 0.05) is 6.42 Å². The van der Waals surface area contributed by atoms with Crippen LogP contribution in [0.1, 0.15) is 5.56 Å². The van der Waals surface area contributed by atoms with Crippen molar-refractivity contribution in [2.24, 2.45) is 5.73 Å². The van der Waals surface area contributed by atoms with Gasteiger partial charge in [-0.3, -0.25) is 9.35 Å². The fourth-order valence-corrected chi connectivity index (χ4v) is 2.49. The number of nitrogens with two attached hydrogens (primary N) is 1. The molecule has 0 aliphatic rings. The summed E-state index contributed by atoms with van der Waals surface area (Å²) in [4.78, 5) is 12.0. The maximum absolute atomic E-state index is 12.0. The number of ether oxygens (including phenoxy) is 1. The maximum atomic E-state index is 12.0. The summed E-state index contributed by atoms with van der Waals surface area (Å²) < 4.78 is 28.2. The summed E-state index contributed by atoms with van der Waals surface area (Å²) >= 11 is -2.48. The van der Waals surface area contributed by atoms with Crippen LogP contribution in [0.3, 0.4) is 0 Å². The number of carbonyl (C=O) groups is 1. The molecule has 6 nitrogen and oxygen atoms in total. The molecule has 1 amide bonds. The highest BCUT2D eigenvalue weighted by atomic mass is 32.2. The van der Waals surface area contributed by atoms with E-state index < -0.39 is 22.9 Å². The number of hydrogen-bond donors (Lipinski definition) is 3. The van der Waals surface area contributed by atoms with Crippen LogP contribution in [0, 0.1) is 0 Å². The Kier molecular flexibility index (Phi) is 5.26. The topological polar surface area (TPSA) is 102 Å². The van der Waals surface area contributed by atoms with Crippen LogP contribution in [0.4, 0.5) is 0 Å². The molecule has 0 bridgehead atoms. The van der Waals surface area contributed by atoms with Crippen LogP contribution in [0.15, 0.2) is 60.7 Å². The minimum atomic E-state index is -2.48. The summed E-state index contributed by atoms with van der Waals surface area (Å²) in [7, 11) is 0.